The predicted octanol–water partition coefficient (Wildman–Crippen LogP) is 3.18. The number of aliphatic hydroxyl groups is 2. The van der Waals surface area contributed by atoms with Crippen molar-refractivity contribution in [3.63, 3.8) is 0 Å². The Kier molecular flexibility index (Phi) is 4.37. The van der Waals surface area contributed by atoms with Crippen LogP contribution in [0.1, 0.15) is 0 Å². The van der Waals surface area contributed by atoms with Gasteiger partial charge in [0, 0.05) is 11.4 Å². The molecular weight excluding hydrogens is 274 g/mol. The number of aliphatic hydroxyl groups excluding tert-OH is 2. The van der Waals surface area contributed by atoms with Gasteiger partial charge >= 0.3 is 0 Å². The van der Waals surface area contributed by atoms with E-state index in [0.717, 1.165) is 22.5 Å². The first-order chi connectivity index (χ1) is 10.8. The highest BCUT2D eigenvalue weighted by atomic mass is 16.3. The zero-order valence-electron chi connectivity index (χ0n) is 12.3. The van der Waals surface area contributed by atoms with Crippen molar-refractivity contribution in [2.24, 2.45) is 0 Å². The summed E-state index contributed by atoms with van der Waals surface area (Å²) in [5, 5.41) is 19.1. The van der Waals surface area contributed by atoms with Crippen molar-refractivity contribution in [1.29, 1.82) is 0 Å². The van der Waals surface area contributed by atoms with E-state index in [-0.39, 0.29) is 6.61 Å². The van der Waals surface area contributed by atoms with Gasteiger partial charge in [-0.15, -0.1) is 0 Å². The van der Waals surface area contributed by atoms with Gasteiger partial charge in [0.2, 0.25) is 0 Å². The molecule has 0 fully saturated rings. The molecule has 1 atom stereocenters. The van der Waals surface area contributed by atoms with Gasteiger partial charge in [0.05, 0.1) is 19.3 Å². The minimum atomic E-state index is -0.780. The van der Waals surface area contributed by atoms with Crippen molar-refractivity contribution in [3.8, 4) is 22.5 Å². The molecule has 1 aromatic heterocycles. The summed E-state index contributed by atoms with van der Waals surface area (Å²) in [5.74, 6) is 0. The highest BCUT2D eigenvalue weighted by Crippen LogP contribution is 2.29. The third-order valence-corrected chi connectivity index (χ3v) is 3.72. The van der Waals surface area contributed by atoms with Crippen LogP contribution in [-0.4, -0.2) is 27.5 Å². The van der Waals surface area contributed by atoms with E-state index in [4.69, 9.17) is 0 Å². The second-order valence-corrected chi connectivity index (χ2v) is 5.28. The van der Waals surface area contributed by atoms with Crippen LogP contribution in [0.25, 0.3) is 22.5 Å². The van der Waals surface area contributed by atoms with Crippen molar-refractivity contribution in [1.82, 2.24) is 4.57 Å². The van der Waals surface area contributed by atoms with Gasteiger partial charge in [-0.2, -0.15) is 0 Å². The van der Waals surface area contributed by atoms with Crippen LogP contribution >= 0.6 is 0 Å². The summed E-state index contributed by atoms with van der Waals surface area (Å²) in [6.45, 7) is 0.110. The van der Waals surface area contributed by atoms with Crippen molar-refractivity contribution in [3.05, 3.63) is 72.8 Å². The molecule has 1 heterocycles. The minimum Gasteiger partial charge on any atom is -0.394 e. The van der Waals surface area contributed by atoms with E-state index >= 15 is 0 Å². The number of hydrogen-bond donors (Lipinski definition) is 2. The van der Waals surface area contributed by atoms with Gasteiger partial charge in [0.15, 0.2) is 0 Å². The molecule has 2 aromatic carbocycles. The van der Waals surface area contributed by atoms with Crippen molar-refractivity contribution in [2.45, 2.75) is 12.6 Å². The highest BCUT2D eigenvalue weighted by Gasteiger charge is 2.14. The molecule has 3 rings (SSSR count). The Morgan fingerprint density at radius 2 is 1.18 bits per heavy atom. The van der Waals surface area contributed by atoms with Gasteiger partial charge in [-0.05, 0) is 23.3 Å². The summed E-state index contributed by atoms with van der Waals surface area (Å²) in [6.07, 6.45) is -0.780. The van der Waals surface area contributed by atoms with E-state index in [1.54, 1.807) is 0 Å². The fraction of sp³-hybridized carbons (Fsp3) is 0.158. The minimum absolute atomic E-state index is 0.249. The normalized spacial score (nSPS) is 12.3. The quantitative estimate of drug-likeness (QED) is 0.759. The van der Waals surface area contributed by atoms with E-state index in [1.807, 2.05) is 60.7 Å². The predicted molar refractivity (Wildman–Crippen MR) is 88.4 cm³/mol. The van der Waals surface area contributed by atoms with Crippen LogP contribution in [0.4, 0.5) is 0 Å². The van der Waals surface area contributed by atoms with Crippen LogP contribution in [0, 0.1) is 0 Å². The molecule has 0 spiro atoms. The van der Waals surface area contributed by atoms with E-state index in [0.29, 0.717) is 6.54 Å². The third kappa shape index (κ3) is 2.96. The fourth-order valence-electron chi connectivity index (χ4n) is 2.65. The Bertz CT molecular complexity index is 663. The summed E-state index contributed by atoms with van der Waals surface area (Å²) < 4.78 is 2.06. The van der Waals surface area contributed by atoms with Crippen molar-refractivity contribution < 1.29 is 10.2 Å². The molecule has 112 valence electrons. The second kappa shape index (κ2) is 6.60. The Morgan fingerprint density at radius 3 is 1.59 bits per heavy atom. The Hall–Kier alpha value is -2.36. The number of benzene rings is 2. The van der Waals surface area contributed by atoms with Gasteiger partial charge in [-0.1, -0.05) is 60.7 Å². The zero-order chi connectivity index (χ0) is 15.4. The molecular formula is C19H19NO2. The van der Waals surface area contributed by atoms with Gasteiger partial charge in [-0.3, -0.25) is 0 Å². The van der Waals surface area contributed by atoms with Crippen LogP contribution in [0.15, 0.2) is 72.8 Å². The largest absolute Gasteiger partial charge is 0.394 e. The molecule has 0 aliphatic carbocycles. The fourth-order valence-corrected chi connectivity index (χ4v) is 2.65. The molecule has 0 unspecified atom stereocenters. The Balaban J connectivity index is 2.10. The van der Waals surface area contributed by atoms with E-state index < -0.39 is 6.10 Å². The van der Waals surface area contributed by atoms with Crippen LogP contribution in [-0.2, 0) is 6.54 Å². The lowest BCUT2D eigenvalue weighted by Crippen LogP contribution is -2.20. The molecule has 2 N–H and O–H groups in total. The summed E-state index contributed by atoms with van der Waals surface area (Å²) in [6, 6.07) is 24.3. The summed E-state index contributed by atoms with van der Waals surface area (Å²) in [7, 11) is 0. The van der Waals surface area contributed by atoms with Crippen molar-refractivity contribution in [2.75, 3.05) is 6.61 Å². The Labute approximate surface area is 130 Å². The number of rotatable bonds is 5. The van der Waals surface area contributed by atoms with Gasteiger partial charge in [0.25, 0.3) is 0 Å². The third-order valence-electron chi connectivity index (χ3n) is 3.72. The molecule has 3 heteroatoms. The molecule has 3 nitrogen and oxygen atoms in total. The van der Waals surface area contributed by atoms with E-state index in [1.165, 1.54) is 0 Å². The standard InChI is InChI=1S/C19H19NO2/c21-14-17(22)13-20-18(15-7-3-1-4-8-15)11-12-19(20)16-9-5-2-6-10-16/h1-12,17,21-22H,13-14H2/t17-/m0/s1. The molecule has 0 amide bonds. The molecule has 0 saturated carbocycles. The first-order valence-electron chi connectivity index (χ1n) is 7.39. The van der Waals surface area contributed by atoms with Crippen molar-refractivity contribution >= 4 is 0 Å². The number of nitrogens with zero attached hydrogens (tertiary/aromatic N) is 1. The lowest BCUT2D eigenvalue weighted by atomic mass is 10.1. The molecule has 0 saturated heterocycles. The maximum atomic E-state index is 9.90. The van der Waals surface area contributed by atoms with Crippen LogP contribution < -0.4 is 0 Å². The summed E-state index contributed by atoms with van der Waals surface area (Å²) in [5.41, 5.74) is 4.25. The average molecular weight is 293 g/mol. The lowest BCUT2D eigenvalue weighted by Gasteiger charge is -2.16. The molecule has 0 bridgehead atoms. The Morgan fingerprint density at radius 1 is 0.727 bits per heavy atom. The SMILES string of the molecule is OC[C@@H](O)Cn1c(-c2ccccc2)ccc1-c1ccccc1. The maximum absolute atomic E-state index is 9.90. The van der Waals surface area contributed by atoms with E-state index in [2.05, 4.69) is 16.7 Å². The van der Waals surface area contributed by atoms with Crippen LogP contribution in [0.3, 0.4) is 0 Å². The van der Waals surface area contributed by atoms with Crippen LogP contribution in [0.5, 0.6) is 0 Å². The first-order valence-corrected chi connectivity index (χ1v) is 7.39. The molecule has 0 aliphatic rings. The van der Waals surface area contributed by atoms with Gasteiger partial charge in [0.1, 0.15) is 0 Å². The zero-order valence-corrected chi connectivity index (χ0v) is 12.3. The lowest BCUT2D eigenvalue weighted by molar-refractivity contribution is 0.0820. The smallest absolute Gasteiger partial charge is 0.0949 e. The molecule has 22 heavy (non-hydrogen) atoms. The van der Waals surface area contributed by atoms with E-state index in [9.17, 15) is 10.2 Å². The van der Waals surface area contributed by atoms with Gasteiger partial charge < -0.3 is 14.8 Å². The molecule has 3 aromatic rings. The monoisotopic (exact) mass is 293 g/mol. The van der Waals surface area contributed by atoms with Crippen LogP contribution in [0.2, 0.25) is 0 Å². The topological polar surface area (TPSA) is 45.4 Å². The second-order valence-electron chi connectivity index (χ2n) is 5.28. The summed E-state index contributed by atoms with van der Waals surface area (Å²) >= 11 is 0. The summed E-state index contributed by atoms with van der Waals surface area (Å²) in [4.78, 5) is 0. The maximum Gasteiger partial charge on any atom is 0.0949 e. The number of hydrogen-bond acceptors (Lipinski definition) is 2. The average Bonchev–Trinajstić information content (AvgIpc) is 3.00. The molecule has 0 aliphatic heterocycles. The first kappa shape index (κ1) is 14.6. The highest BCUT2D eigenvalue weighted by molar-refractivity contribution is 5.69. The van der Waals surface area contributed by atoms with Gasteiger partial charge in [-0.25, -0.2) is 0 Å². The molecule has 0 radical (unpaired) electrons. The number of aromatic nitrogens is 1.